The van der Waals surface area contributed by atoms with E-state index in [-0.39, 0.29) is 0 Å². The zero-order valence-electron chi connectivity index (χ0n) is 11.4. The van der Waals surface area contributed by atoms with Gasteiger partial charge < -0.3 is 9.84 Å². The van der Waals surface area contributed by atoms with Crippen LogP contribution < -0.4 is 4.74 Å². The summed E-state index contributed by atoms with van der Waals surface area (Å²) in [6.45, 7) is 4.95. The van der Waals surface area contributed by atoms with Crippen LogP contribution in [0.15, 0.2) is 54.6 Å². The summed E-state index contributed by atoms with van der Waals surface area (Å²) < 4.78 is 5.63. The predicted octanol–water partition coefficient (Wildman–Crippen LogP) is 3.80. The molecule has 2 rings (SSSR count). The van der Waals surface area contributed by atoms with Gasteiger partial charge in [-0.1, -0.05) is 56.3 Å². The lowest BCUT2D eigenvalue weighted by molar-refractivity contribution is 0.220. The number of aliphatic hydroxyl groups excluding tert-OH is 1. The normalized spacial score (nSPS) is 12.4. The number of aliphatic hydroxyl groups is 1. The minimum Gasteiger partial charge on any atom is -0.493 e. The molecule has 1 N–H and O–H groups in total. The van der Waals surface area contributed by atoms with E-state index < -0.39 is 6.10 Å². The van der Waals surface area contributed by atoms with Crippen molar-refractivity contribution >= 4 is 0 Å². The summed E-state index contributed by atoms with van der Waals surface area (Å²) in [5.74, 6) is 1.35. The smallest absolute Gasteiger partial charge is 0.119 e. The van der Waals surface area contributed by atoms with Crippen LogP contribution in [-0.2, 0) is 0 Å². The molecule has 0 heterocycles. The van der Waals surface area contributed by atoms with Gasteiger partial charge in [0, 0.05) is 0 Å². The first-order chi connectivity index (χ1) is 9.16. The Morgan fingerprint density at radius 3 is 2.05 bits per heavy atom. The third-order valence-electron chi connectivity index (χ3n) is 2.89. The summed E-state index contributed by atoms with van der Waals surface area (Å²) >= 11 is 0. The van der Waals surface area contributed by atoms with E-state index in [4.69, 9.17) is 4.74 Å². The highest BCUT2D eigenvalue weighted by molar-refractivity contribution is 5.33. The van der Waals surface area contributed by atoms with Gasteiger partial charge in [0.05, 0.1) is 6.61 Å². The van der Waals surface area contributed by atoms with E-state index >= 15 is 0 Å². The zero-order chi connectivity index (χ0) is 13.7. The van der Waals surface area contributed by atoms with Gasteiger partial charge in [0.1, 0.15) is 11.9 Å². The molecule has 0 bridgehead atoms. The van der Waals surface area contributed by atoms with Gasteiger partial charge in [-0.25, -0.2) is 0 Å². The second-order valence-corrected chi connectivity index (χ2v) is 5.09. The highest BCUT2D eigenvalue weighted by atomic mass is 16.5. The number of rotatable bonds is 5. The lowest BCUT2D eigenvalue weighted by Gasteiger charge is -2.13. The van der Waals surface area contributed by atoms with Gasteiger partial charge in [-0.15, -0.1) is 0 Å². The molecule has 2 aromatic carbocycles. The Bertz CT molecular complexity index is 488. The molecule has 0 amide bonds. The van der Waals surface area contributed by atoms with Crippen molar-refractivity contribution in [3.05, 3.63) is 65.7 Å². The zero-order valence-corrected chi connectivity index (χ0v) is 11.4. The second-order valence-electron chi connectivity index (χ2n) is 5.09. The Hall–Kier alpha value is -1.80. The molecule has 2 nitrogen and oxygen atoms in total. The number of hydrogen-bond acceptors (Lipinski definition) is 2. The maximum Gasteiger partial charge on any atom is 0.119 e. The van der Waals surface area contributed by atoms with Gasteiger partial charge in [-0.2, -0.15) is 0 Å². The van der Waals surface area contributed by atoms with Gasteiger partial charge in [0.15, 0.2) is 0 Å². The first-order valence-electron chi connectivity index (χ1n) is 6.62. The number of hydrogen-bond donors (Lipinski definition) is 1. The summed E-state index contributed by atoms with van der Waals surface area (Å²) in [6, 6.07) is 17.3. The predicted molar refractivity (Wildman–Crippen MR) is 77.3 cm³/mol. The van der Waals surface area contributed by atoms with Crippen LogP contribution in [0.25, 0.3) is 0 Å². The topological polar surface area (TPSA) is 29.5 Å². The van der Waals surface area contributed by atoms with Crippen molar-refractivity contribution in [1.29, 1.82) is 0 Å². The van der Waals surface area contributed by atoms with E-state index in [0.29, 0.717) is 12.5 Å². The molecule has 0 aliphatic rings. The molecular weight excluding hydrogens is 236 g/mol. The van der Waals surface area contributed by atoms with Crippen molar-refractivity contribution in [2.24, 2.45) is 5.92 Å². The Balaban J connectivity index is 2.06. The monoisotopic (exact) mass is 256 g/mol. The van der Waals surface area contributed by atoms with Gasteiger partial charge in [-0.3, -0.25) is 0 Å². The largest absolute Gasteiger partial charge is 0.493 e. The molecule has 0 spiro atoms. The fourth-order valence-electron chi connectivity index (χ4n) is 1.84. The van der Waals surface area contributed by atoms with Crippen molar-refractivity contribution in [2.75, 3.05) is 6.61 Å². The maximum absolute atomic E-state index is 10.3. The Labute approximate surface area is 114 Å². The minimum absolute atomic E-state index is 0.509. The van der Waals surface area contributed by atoms with Crippen LogP contribution in [0.2, 0.25) is 0 Å². The molecule has 0 unspecified atom stereocenters. The molecule has 2 aromatic rings. The number of ether oxygens (including phenoxy) is 1. The Morgan fingerprint density at radius 1 is 0.895 bits per heavy atom. The Kier molecular flexibility index (Phi) is 4.58. The van der Waals surface area contributed by atoms with Crippen LogP contribution >= 0.6 is 0 Å². The summed E-state index contributed by atoms with van der Waals surface area (Å²) in [5, 5.41) is 10.3. The number of benzene rings is 2. The third kappa shape index (κ3) is 3.83. The van der Waals surface area contributed by atoms with Crippen molar-refractivity contribution in [3.63, 3.8) is 0 Å². The molecule has 0 aliphatic carbocycles. The molecule has 19 heavy (non-hydrogen) atoms. The molecular formula is C17H20O2. The quantitative estimate of drug-likeness (QED) is 0.881. The second kappa shape index (κ2) is 6.39. The van der Waals surface area contributed by atoms with Crippen molar-refractivity contribution in [3.8, 4) is 5.75 Å². The van der Waals surface area contributed by atoms with Crippen LogP contribution in [0.1, 0.15) is 31.1 Å². The van der Waals surface area contributed by atoms with E-state index in [9.17, 15) is 5.11 Å². The van der Waals surface area contributed by atoms with Crippen LogP contribution in [0.4, 0.5) is 0 Å². The summed E-state index contributed by atoms with van der Waals surface area (Å²) in [6.07, 6.45) is -0.583. The minimum atomic E-state index is -0.583. The fraction of sp³-hybridized carbons (Fsp3) is 0.294. The maximum atomic E-state index is 10.3. The van der Waals surface area contributed by atoms with E-state index in [1.165, 1.54) is 0 Å². The molecule has 0 saturated heterocycles. The van der Waals surface area contributed by atoms with Crippen LogP contribution in [0.3, 0.4) is 0 Å². The van der Waals surface area contributed by atoms with E-state index in [0.717, 1.165) is 16.9 Å². The molecule has 0 aliphatic heterocycles. The van der Waals surface area contributed by atoms with Crippen LogP contribution in [-0.4, -0.2) is 11.7 Å². The average Bonchev–Trinajstić information content (AvgIpc) is 2.46. The summed E-state index contributed by atoms with van der Waals surface area (Å²) in [5.41, 5.74) is 1.78. The molecule has 100 valence electrons. The highest BCUT2D eigenvalue weighted by Gasteiger charge is 2.09. The lowest BCUT2D eigenvalue weighted by Crippen LogP contribution is -2.05. The van der Waals surface area contributed by atoms with Crippen molar-refractivity contribution in [2.45, 2.75) is 20.0 Å². The Morgan fingerprint density at radius 2 is 1.47 bits per heavy atom. The molecule has 0 saturated carbocycles. The van der Waals surface area contributed by atoms with E-state index in [2.05, 4.69) is 13.8 Å². The molecule has 0 radical (unpaired) electrons. The molecule has 0 aromatic heterocycles. The molecule has 0 fully saturated rings. The van der Waals surface area contributed by atoms with E-state index in [1.807, 2.05) is 54.6 Å². The molecule has 1 atom stereocenters. The van der Waals surface area contributed by atoms with Crippen LogP contribution in [0, 0.1) is 5.92 Å². The first-order valence-corrected chi connectivity index (χ1v) is 6.62. The van der Waals surface area contributed by atoms with Gasteiger partial charge in [0.2, 0.25) is 0 Å². The van der Waals surface area contributed by atoms with E-state index in [1.54, 1.807) is 0 Å². The van der Waals surface area contributed by atoms with Crippen molar-refractivity contribution < 1.29 is 9.84 Å². The highest BCUT2D eigenvalue weighted by Crippen LogP contribution is 2.23. The van der Waals surface area contributed by atoms with Gasteiger partial charge in [0.25, 0.3) is 0 Å². The fourth-order valence-corrected chi connectivity index (χ4v) is 1.84. The third-order valence-corrected chi connectivity index (χ3v) is 2.89. The SMILES string of the molecule is CC(C)COc1ccc([C@H](O)c2ccccc2)cc1. The standard InChI is InChI=1S/C17H20O2/c1-13(2)12-19-16-10-8-15(9-11-16)17(18)14-6-4-3-5-7-14/h3-11,13,17-18H,12H2,1-2H3/t17-/m1/s1. The first kappa shape index (κ1) is 13.6. The van der Waals surface area contributed by atoms with Gasteiger partial charge in [-0.05, 0) is 29.2 Å². The average molecular weight is 256 g/mol. The van der Waals surface area contributed by atoms with Crippen LogP contribution in [0.5, 0.6) is 5.75 Å². The van der Waals surface area contributed by atoms with Crippen molar-refractivity contribution in [1.82, 2.24) is 0 Å². The lowest BCUT2D eigenvalue weighted by atomic mass is 10.0. The molecule has 2 heteroatoms. The van der Waals surface area contributed by atoms with Gasteiger partial charge >= 0.3 is 0 Å². The summed E-state index contributed by atoms with van der Waals surface area (Å²) in [4.78, 5) is 0. The summed E-state index contributed by atoms with van der Waals surface area (Å²) in [7, 11) is 0.